The van der Waals surface area contributed by atoms with Crippen LogP contribution < -0.4 is 15.8 Å². The molecule has 0 amide bonds. The molecule has 0 aliphatic carbocycles. The van der Waals surface area contributed by atoms with E-state index in [0.717, 1.165) is 11.3 Å². The van der Waals surface area contributed by atoms with Gasteiger partial charge in [0.1, 0.15) is 5.75 Å². The van der Waals surface area contributed by atoms with Crippen LogP contribution in [0.3, 0.4) is 0 Å². The molecule has 0 aromatic heterocycles. The van der Waals surface area contributed by atoms with Crippen molar-refractivity contribution in [2.24, 2.45) is 10.7 Å². The molecule has 0 aliphatic heterocycles. The van der Waals surface area contributed by atoms with E-state index in [1.165, 1.54) is 18.4 Å². The summed E-state index contributed by atoms with van der Waals surface area (Å²) in [6.45, 7) is 0.330. The number of nitrogens with two attached hydrogens (primary N) is 1. The summed E-state index contributed by atoms with van der Waals surface area (Å²) in [5.41, 5.74) is 7.47. The van der Waals surface area contributed by atoms with Gasteiger partial charge in [0, 0.05) is 14.1 Å². The Kier molecular flexibility index (Phi) is 6.00. The number of hydrogen-bond donors (Lipinski definition) is 2. The molecule has 134 valence electrons. The van der Waals surface area contributed by atoms with Crippen molar-refractivity contribution in [2.75, 3.05) is 26.5 Å². The summed E-state index contributed by atoms with van der Waals surface area (Å²) in [4.78, 5) is 4.50. The second-order valence-electron chi connectivity index (χ2n) is 5.46. The van der Waals surface area contributed by atoms with Crippen molar-refractivity contribution in [3.63, 3.8) is 0 Å². The van der Waals surface area contributed by atoms with Crippen LogP contribution in [-0.4, -0.2) is 39.9 Å². The van der Waals surface area contributed by atoms with Crippen molar-refractivity contribution < 1.29 is 13.2 Å². The van der Waals surface area contributed by atoms with Crippen LogP contribution >= 0.6 is 0 Å². The van der Waals surface area contributed by atoms with Crippen molar-refractivity contribution in [2.45, 2.75) is 11.4 Å². The summed E-state index contributed by atoms with van der Waals surface area (Å²) in [6.07, 6.45) is 0. The van der Waals surface area contributed by atoms with Gasteiger partial charge in [-0.3, -0.25) is 0 Å². The monoisotopic (exact) mass is 362 g/mol. The highest BCUT2D eigenvalue weighted by atomic mass is 32.2. The Morgan fingerprint density at radius 2 is 1.80 bits per heavy atom. The van der Waals surface area contributed by atoms with Gasteiger partial charge in [-0.1, -0.05) is 24.3 Å². The Hall–Kier alpha value is -2.58. The molecule has 2 rings (SSSR count). The van der Waals surface area contributed by atoms with Gasteiger partial charge >= 0.3 is 0 Å². The van der Waals surface area contributed by atoms with E-state index in [-0.39, 0.29) is 10.9 Å². The zero-order valence-electron chi connectivity index (χ0n) is 14.4. The van der Waals surface area contributed by atoms with Crippen LogP contribution in [0.25, 0.3) is 0 Å². The number of hydrogen-bond acceptors (Lipinski definition) is 4. The predicted molar refractivity (Wildman–Crippen MR) is 99.3 cm³/mol. The Bertz CT molecular complexity index is 846. The Morgan fingerprint density at radius 3 is 2.40 bits per heavy atom. The lowest BCUT2D eigenvalue weighted by Gasteiger charge is -2.11. The summed E-state index contributed by atoms with van der Waals surface area (Å²) in [7, 11) is 1.15. The maximum Gasteiger partial charge on any atom is 0.242 e. The molecular weight excluding hydrogens is 340 g/mol. The summed E-state index contributed by atoms with van der Waals surface area (Å²) in [5.74, 6) is 0.911. The molecule has 0 unspecified atom stereocenters. The van der Waals surface area contributed by atoms with E-state index in [2.05, 4.69) is 10.3 Å². The van der Waals surface area contributed by atoms with E-state index >= 15 is 0 Å². The van der Waals surface area contributed by atoms with Gasteiger partial charge in [-0.15, -0.1) is 0 Å². The predicted octanol–water partition coefficient (Wildman–Crippen LogP) is 1.87. The van der Waals surface area contributed by atoms with Crippen LogP contribution in [0.1, 0.15) is 5.56 Å². The van der Waals surface area contributed by atoms with Gasteiger partial charge in [0.2, 0.25) is 10.0 Å². The van der Waals surface area contributed by atoms with Crippen LogP contribution in [-0.2, 0) is 16.6 Å². The van der Waals surface area contributed by atoms with Crippen molar-refractivity contribution in [1.82, 2.24) is 4.31 Å². The smallest absolute Gasteiger partial charge is 0.242 e. The maximum absolute atomic E-state index is 12.0. The summed E-state index contributed by atoms with van der Waals surface area (Å²) < 4.78 is 30.5. The highest BCUT2D eigenvalue weighted by molar-refractivity contribution is 7.89. The fraction of sp³-hybridized carbons (Fsp3) is 0.235. The molecule has 0 atom stereocenters. The molecule has 7 nitrogen and oxygen atoms in total. The number of aliphatic imine (C=N–C) groups is 1. The molecule has 0 fully saturated rings. The van der Waals surface area contributed by atoms with Crippen LogP contribution in [0.15, 0.2) is 58.4 Å². The zero-order chi connectivity index (χ0) is 18.4. The molecule has 0 aliphatic rings. The Morgan fingerprint density at radius 1 is 1.16 bits per heavy atom. The minimum atomic E-state index is -3.43. The first kappa shape index (κ1) is 18.8. The Labute approximate surface area is 148 Å². The minimum Gasteiger partial charge on any atom is -0.495 e. The number of benzene rings is 2. The molecule has 25 heavy (non-hydrogen) atoms. The van der Waals surface area contributed by atoms with Crippen LogP contribution in [0.4, 0.5) is 5.69 Å². The highest BCUT2D eigenvalue weighted by Crippen LogP contribution is 2.22. The normalized spacial score (nSPS) is 12.2. The topological polar surface area (TPSA) is 97.0 Å². The van der Waals surface area contributed by atoms with Gasteiger partial charge in [0.25, 0.3) is 0 Å². The summed E-state index contributed by atoms with van der Waals surface area (Å²) in [5, 5.41) is 2.98. The third-order valence-corrected chi connectivity index (χ3v) is 5.33. The van der Waals surface area contributed by atoms with Crippen LogP contribution in [0, 0.1) is 0 Å². The lowest BCUT2D eigenvalue weighted by Crippen LogP contribution is -2.23. The number of para-hydroxylation sites is 2. The van der Waals surface area contributed by atoms with Gasteiger partial charge in [-0.2, -0.15) is 0 Å². The lowest BCUT2D eigenvalue weighted by molar-refractivity contribution is 0.417. The summed E-state index contributed by atoms with van der Waals surface area (Å²) in [6, 6.07) is 13.9. The molecular formula is C17H22N4O3S. The van der Waals surface area contributed by atoms with Gasteiger partial charge in [-0.05, 0) is 29.8 Å². The quantitative estimate of drug-likeness (QED) is 0.604. The van der Waals surface area contributed by atoms with Gasteiger partial charge in [0.05, 0.1) is 24.2 Å². The van der Waals surface area contributed by atoms with Crippen molar-refractivity contribution >= 4 is 21.7 Å². The molecule has 2 aromatic carbocycles. The molecule has 8 heteroatoms. The standard InChI is InChI=1S/C17H22N4O3S/c1-21(2)25(22,23)14-10-8-13(9-11-14)12-19-17(18)20-15-6-4-5-7-16(15)24-3/h4-11H,12H2,1-3H3,(H3,18,19,20). The molecule has 0 bridgehead atoms. The maximum atomic E-state index is 12.0. The van der Waals surface area contributed by atoms with E-state index in [0.29, 0.717) is 12.3 Å². The number of rotatable bonds is 6. The zero-order valence-corrected chi connectivity index (χ0v) is 15.2. The third-order valence-electron chi connectivity index (χ3n) is 3.50. The molecule has 0 saturated heterocycles. The average molecular weight is 362 g/mol. The van der Waals surface area contributed by atoms with E-state index in [9.17, 15) is 8.42 Å². The van der Waals surface area contributed by atoms with E-state index in [1.54, 1.807) is 31.4 Å². The number of ether oxygens (including phenoxy) is 1. The van der Waals surface area contributed by atoms with E-state index in [1.807, 2.05) is 24.3 Å². The van der Waals surface area contributed by atoms with Gasteiger partial charge < -0.3 is 15.8 Å². The molecule has 0 saturated carbocycles. The summed E-state index contributed by atoms with van der Waals surface area (Å²) >= 11 is 0. The molecule has 0 heterocycles. The minimum absolute atomic E-state index is 0.241. The number of nitrogens with one attached hydrogen (secondary N) is 1. The second-order valence-corrected chi connectivity index (χ2v) is 7.61. The number of methoxy groups -OCH3 is 1. The van der Waals surface area contributed by atoms with E-state index in [4.69, 9.17) is 10.5 Å². The van der Waals surface area contributed by atoms with Crippen LogP contribution in [0.2, 0.25) is 0 Å². The van der Waals surface area contributed by atoms with Gasteiger partial charge in [0.15, 0.2) is 5.96 Å². The number of nitrogens with zero attached hydrogens (tertiary/aromatic N) is 2. The average Bonchev–Trinajstić information content (AvgIpc) is 2.60. The molecule has 0 spiro atoms. The first-order chi connectivity index (χ1) is 11.8. The fourth-order valence-corrected chi connectivity index (χ4v) is 2.98. The third kappa shape index (κ3) is 4.71. The second kappa shape index (κ2) is 8.00. The number of sulfonamides is 1. The van der Waals surface area contributed by atoms with Crippen molar-refractivity contribution in [1.29, 1.82) is 0 Å². The first-order valence-electron chi connectivity index (χ1n) is 7.56. The molecule has 0 radical (unpaired) electrons. The van der Waals surface area contributed by atoms with E-state index < -0.39 is 10.0 Å². The highest BCUT2D eigenvalue weighted by Gasteiger charge is 2.16. The number of guanidine groups is 1. The van der Waals surface area contributed by atoms with Crippen molar-refractivity contribution in [3.8, 4) is 5.75 Å². The molecule has 2 aromatic rings. The van der Waals surface area contributed by atoms with Gasteiger partial charge in [-0.25, -0.2) is 17.7 Å². The lowest BCUT2D eigenvalue weighted by atomic mass is 10.2. The van der Waals surface area contributed by atoms with Crippen molar-refractivity contribution in [3.05, 3.63) is 54.1 Å². The number of anilines is 1. The fourth-order valence-electron chi connectivity index (χ4n) is 2.08. The largest absolute Gasteiger partial charge is 0.495 e. The Balaban J connectivity index is 2.06. The van der Waals surface area contributed by atoms with Crippen LogP contribution in [0.5, 0.6) is 5.75 Å². The first-order valence-corrected chi connectivity index (χ1v) is 9.00. The SMILES string of the molecule is COc1ccccc1NC(N)=NCc1ccc(S(=O)(=O)N(C)C)cc1. The molecule has 3 N–H and O–H groups in total.